The highest BCUT2D eigenvalue weighted by atomic mass is 32.2. The molecule has 0 fully saturated rings. The quantitative estimate of drug-likeness (QED) is 0.629. The van der Waals surface area contributed by atoms with Crippen LogP contribution < -0.4 is 9.46 Å². The normalized spacial score (nSPS) is 11.1. The van der Waals surface area contributed by atoms with Gasteiger partial charge in [-0.1, -0.05) is 0 Å². The molecule has 0 amide bonds. The van der Waals surface area contributed by atoms with Crippen molar-refractivity contribution in [3.8, 4) is 5.75 Å². The number of benzene rings is 1. The number of rotatable bonds is 5. The Morgan fingerprint density at radius 2 is 2.20 bits per heavy atom. The lowest BCUT2D eigenvalue weighted by molar-refractivity contribution is -0.387. The summed E-state index contributed by atoms with van der Waals surface area (Å²) < 4.78 is 31.3. The molecule has 0 aliphatic rings. The fraction of sp³-hybridized carbons (Fsp3) is 0.100. The van der Waals surface area contributed by atoms with Crippen molar-refractivity contribution in [3.05, 3.63) is 40.7 Å². The minimum atomic E-state index is -4.09. The van der Waals surface area contributed by atoms with Gasteiger partial charge in [0.05, 0.1) is 30.0 Å². The van der Waals surface area contributed by atoms with E-state index < -0.39 is 25.5 Å². The van der Waals surface area contributed by atoms with Crippen LogP contribution in [0.5, 0.6) is 5.75 Å². The predicted octanol–water partition coefficient (Wildman–Crippen LogP) is 1.13. The van der Waals surface area contributed by atoms with E-state index in [-0.39, 0.29) is 11.4 Å². The van der Waals surface area contributed by atoms with Crippen molar-refractivity contribution in [1.82, 2.24) is 10.2 Å². The fourth-order valence-corrected chi connectivity index (χ4v) is 2.70. The summed E-state index contributed by atoms with van der Waals surface area (Å²) in [6.07, 6.45) is 2.56. The third kappa shape index (κ3) is 2.69. The number of H-pyrrole nitrogens is 1. The van der Waals surface area contributed by atoms with Crippen molar-refractivity contribution in [3.63, 3.8) is 0 Å². The zero-order chi connectivity index (χ0) is 14.8. The molecule has 0 atom stereocenters. The molecule has 0 saturated carbocycles. The van der Waals surface area contributed by atoms with Crippen molar-refractivity contribution < 1.29 is 18.1 Å². The first-order valence-corrected chi connectivity index (χ1v) is 6.76. The molecule has 0 aliphatic heterocycles. The first-order chi connectivity index (χ1) is 9.44. The first kappa shape index (κ1) is 13.8. The average molecular weight is 298 g/mol. The van der Waals surface area contributed by atoms with Gasteiger partial charge in [-0.05, 0) is 12.1 Å². The van der Waals surface area contributed by atoms with Crippen LogP contribution in [0.3, 0.4) is 0 Å². The molecule has 1 aromatic heterocycles. The Kier molecular flexibility index (Phi) is 3.57. The van der Waals surface area contributed by atoms with Crippen molar-refractivity contribution in [2.24, 2.45) is 0 Å². The SMILES string of the molecule is COc1ccc(S(=O)(=O)Nc2cn[nH]c2)c([N+](=O)[O-])c1. The molecular formula is C10H10N4O5S. The molecule has 10 heteroatoms. The maximum absolute atomic E-state index is 12.1. The van der Waals surface area contributed by atoms with Crippen LogP contribution in [0.15, 0.2) is 35.5 Å². The molecule has 2 aromatic rings. The summed E-state index contributed by atoms with van der Waals surface area (Å²) in [6.45, 7) is 0. The number of nitro benzene ring substituents is 1. The van der Waals surface area contributed by atoms with Crippen LogP contribution in [-0.2, 0) is 10.0 Å². The molecule has 1 aromatic carbocycles. The molecule has 1 heterocycles. The van der Waals surface area contributed by atoms with Gasteiger partial charge in [0.1, 0.15) is 5.75 Å². The lowest BCUT2D eigenvalue weighted by Gasteiger charge is -2.07. The highest BCUT2D eigenvalue weighted by molar-refractivity contribution is 7.92. The van der Waals surface area contributed by atoms with Gasteiger partial charge in [0.25, 0.3) is 15.7 Å². The van der Waals surface area contributed by atoms with E-state index in [1.165, 1.54) is 25.6 Å². The summed E-state index contributed by atoms with van der Waals surface area (Å²) >= 11 is 0. The predicted molar refractivity (Wildman–Crippen MR) is 69.0 cm³/mol. The van der Waals surface area contributed by atoms with Gasteiger partial charge in [0, 0.05) is 6.20 Å². The molecule has 2 rings (SSSR count). The number of ether oxygens (including phenoxy) is 1. The Morgan fingerprint density at radius 1 is 1.45 bits per heavy atom. The van der Waals surface area contributed by atoms with E-state index >= 15 is 0 Å². The summed E-state index contributed by atoms with van der Waals surface area (Å²) in [5.41, 5.74) is -0.393. The molecule has 2 N–H and O–H groups in total. The number of nitro groups is 1. The molecule has 0 spiro atoms. The number of hydrogen-bond acceptors (Lipinski definition) is 6. The molecular weight excluding hydrogens is 288 g/mol. The van der Waals surface area contributed by atoms with E-state index in [1.807, 2.05) is 0 Å². The molecule has 20 heavy (non-hydrogen) atoms. The standard InChI is InChI=1S/C10H10N4O5S/c1-19-8-2-3-10(9(4-8)14(15)16)20(17,18)13-7-5-11-12-6-7/h2-6,13H,1H3,(H,11,12). The summed E-state index contributed by atoms with van der Waals surface area (Å²) in [4.78, 5) is 9.74. The van der Waals surface area contributed by atoms with Gasteiger partial charge >= 0.3 is 0 Å². The number of methoxy groups -OCH3 is 1. The van der Waals surface area contributed by atoms with Gasteiger partial charge in [-0.3, -0.25) is 19.9 Å². The minimum Gasteiger partial charge on any atom is -0.497 e. The van der Waals surface area contributed by atoms with Gasteiger partial charge < -0.3 is 4.74 Å². The molecule has 106 valence electrons. The van der Waals surface area contributed by atoms with Gasteiger partial charge in [-0.15, -0.1) is 0 Å². The number of nitrogens with zero attached hydrogens (tertiary/aromatic N) is 2. The Bertz CT molecular complexity index is 726. The van der Waals surface area contributed by atoms with Gasteiger partial charge in [-0.2, -0.15) is 5.10 Å². The van der Waals surface area contributed by atoms with Crippen LogP contribution in [0.25, 0.3) is 0 Å². The third-order valence-corrected chi connectivity index (χ3v) is 3.83. The van der Waals surface area contributed by atoms with Crippen molar-refractivity contribution in [2.75, 3.05) is 11.8 Å². The second-order valence-corrected chi connectivity index (χ2v) is 5.33. The molecule has 0 aliphatic carbocycles. The van der Waals surface area contributed by atoms with Crippen LogP contribution in [-0.4, -0.2) is 30.6 Å². The smallest absolute Gasteiger partial charge is 0.293 e. The van der Waals surface area contributed by atoms with E-state index in [4.69, 9.17) is 4.74 Å². The second kappa shape index (κ2) is 5.17. The summed E-state index contributed by atoms with van der Waals surface area (Å²) in [7, 11) is -2.76. The van der Waals surface area contributed by atoms with E-state index in [1.54, 1.807) is 0 Å². The topological polar surface area (TPSA) is 127 Å². The highest BCUT2D eigenvalue weighted by Crippen LogP contribution is 2.29. The molecule has 0 bridgehead atoms. The minimum absolute atomic E-state index is 0.176. The summed E-state index contributed by atoms with van der Waals surface area (Å²) in [6, 6.07) is 3.49. The van der Waals surface area contributed by atoms with Crippen molar-refractivity contribution in [2.45, 2.75) is 4.90 Å². The van der Waals surface area contributed by atoms with Crippen LogP contribution in [0, 0.1) is 10.1 Å². The monoisotopic (exact) mass is 298 g/mol. The molecule has 0 saturated heterocycles. The summed E-state index contributed by atoms with van der Waals surface area (Å²) in [5, 5.41) is 17.0. The largest absolute Gasteiger partial charge is 0.497 e. The van der Waals surface area contributed by atoms with Gasteiger partial charge in [0.2, 0.25) is 0 Å². The Balaban J connectivity index is 2.48. The average Bonchev–Trinajstić information content (AvgIpc) is 2.90. The number of anilines is 1. The van der Waals surface area contributed by atoms with Gasteiger partial charge in [-0.25, -0.2) is 8.42 Å². The Morgan fingerprint density at radius 3 is 2.75 bits per heavy atom. The number of nitrogens with one attached hydrogen (secondary N) is 2. The zero-order valence-electron chi connectivity index (χ0n) is 10.2. The maximum atomic E-state index is 12.1. The summed E-state index contributed by atoms with van der Waals surface area (Å²) in [5.74, 6) is 0.193. The molecule has 0 radical (unpaired) electrons. The van der Waals surface area contributed by atoms with Crippen molar-refractivity contribution >= 4 is 21.4 Å². The van der Waals surface area contributed by atoms with Crippen LogP contribution in [0.4, 0.5) is 11.4 Å². The maximum Gasteiger partial charge on any atom is 0.293 e. The highest BCUT2D eigenvalue weighted by Gasteiger charge is 2.26. The molecule has 9 nitrogen and oxygen atoms in total. The Labute approximate surface area is 113 Å². The first-order valence-electron chi connectivity index (χ1n) is 5.28. The van der Waals surface area contributed by atoms with Crippen LogP contribution >= 0.6 is 0 Å². The lowest BCUT2D eigenvalue weighted by atomic mass is 10.3. The van der Waals surface area contributed by atoms with Crippen molar-refractivity contribution in [1.29, 1.82) is 0 Å². The zero-order valence-corrected chi connectivity index (χ0v) is 11.0. The fourth-order valence-electron chi connectivity index (χ4n) is 1.51. The third-order valence-electron chi connectivity index (χ3n) is 2.40. The van der Waals surface area contributed by atoms with E-state index in [2.05, 4.69) is 14.9 Å². The van der Waals surface area contributed by atoms with E-state index in [9.17, 15) is 18.5 Å². The number of hydrogen-bond donors (Lipinski definition) is 2. The van der Waals surface area contributed by atoms with E-state index in [0.29, 0.717) is 0 Å². The number of sulfonamides is 1. The second-order valence-electron chi connectivity index (χ2n) is 3.68. The lowest BCUT2D eigenvalue weighted by Crippen LogP contribution is -2.14. The van der Waals surface area contributed by atoms with E-state index in [0.717, 1.165) is 12.1 Å². The number of aromatic nitrogens is 2. The number of aromatic amines is 1. The Hall–Kier alpha value is -2.62. The van der Waals surface area contributed by atoms with Crippen LogP contribution in [0.2, 0.25) is 0 Å². The van der Waals surface area contributed by atoms with Gasteiger partial charge in [0.15, 0.2) is 4.90 Å². The van der Waals surface area contributed by atoms with Crippen LogP contribution in [0.1, 0.15) is 0 Å². The molecule has 0 unspecified atom stereocenters.